The molecule has 1 aromatic carbocycles. The molecule has 2 heterocycles. The van der Waals surface area contributed by atoms with Gasteiger partial charge in [0, 0.05) is 6.54 Å². The first-order chi connectivity index (χ1) is 10.6. The first-order valence-corrected chi connectivity index (χ1v) is 7.13. The van der Waals surface area contributed by atoms with Gasteiger partial charge >= 0.3 is 5.97 Å². The van der Waals surface area contributed by atoms with E-state index in [1.807, 2.05) is 35.2 Å². The summed E-state index contributed by atoms with van der Waals surface area (Å²) in [6.07, 6.45) is 3.17. The standard InChI is InChI=1S/C15H16N4O3/c20-14(10-18-9-12(15(21)22)16-17-18)19-8-4-7-13(19)11-5-2-1-3-6-11/h1-3,5-6,9,13H,4,7-8,10H2,(H,21,22). The van der Waals surface area contributed by atoms with Crippen molar-refractivity contribution in [2.24, 2.45) is 0 Å². The van der Waals surface area contributed by atoms with E-state index < -0.39 is 5.97 Å². The van der Waals surface area contributed by atoms with Gasteiger partial charge in [-0.05, 0) is 18.4 Å². The largest absolute Gasteiger partial charge is 0.476 e. The van der Waals surface area contributed by atoms with Gasteiger partial charge < -0.3 is 10.0 Å². The number of carbonyl (C=O) groups excluding carboxylic acids is 1. The molecule has 7 nitrogen and oxygen atoms in total. The van der Waals surface area contributed by atoms with Crippen molar-refractivity contribution in [3.63, 3.8) is 0 Å². The van der Waals surface area contributed by atoms with E-state index in [0.29, 0.717) is 6.54 Å². The number of carboxylic acid groups (broad SMARTS) is 1. The molecule has 22 heavy (non-hydrogen) atoms. The van der Waals surface area contributed by atoms with Crippen molar-refractivity contribution in [3.8, 4) is 0 Å². The number of hydrogen-bond donors (Lipinski definition) is 1. The Hall–Kier alpha value is -2.70. The van der Waals surface area contributed by atoms with Crippen molar-refractivity contribution >= 4 is 11.9 Å². The number of rotatable bonds is 4. The Labute approximate surface area is 127 Å². The smallest absolute Gasteiger partial charge is 0.358 e. The molecule has 1 saturated heterocycles. The summed E-state index contributed by atoms with van der Waals surface area (Å²) in [5, 5.41) is 16.0. The molecule has 1 N–H and O–H groups in total. The summed E-state index contributed by atoms with van der Waals surface area (Å²) in [4.78, 5) is 25.1. The molecule has 2 aromatic rings. The fourth-order valence-electron chi connectivity index (χ4n) is 2.79. The molecule has 0 bridgehead atoms. The molecule has 1 aliphatic heterocycles. The molecular weight excluding hydrogens is 284 g/mol. The summed E-state index contributed by atoms with van der Waals surface area (Å²) in [7, 11) is 0. The Morgan fingerprint density at radius 1 is 1.27 bits per heavy atom. The average Bonchev–Trinajstić information content (AvgIpc) is 3.17. The minimum Gasteiger partial charge on any atom is -0.476 e. The molecule has 1 unspecified atom stereocenters. The first kappa shape index (κ1) is 14.2. The Morgan fingerprint density at radius 2 is 2.05 bits per heavy atom. The summed E-state index contributed by atoms with van der Waals surface area (Å²) in [5.41, 5.74) is 0.965. The molecule has 1 atom stereocenters. The van der Waals surface area contributed by atoms with Gasteiger partial charge in [0.1, 0.15) is 6.54 Å². The number of hydrogen-bond acceptors (Lipinski definition) is 4. The van der Waals surface area contributed by atoms with Gasteiger partial charge in [0.2, 0.25) is 5.91 Å². The number of likely N-dealkylation sites (tertiary alicyclic amines) is 1. The number of amides is 1. The van der Waals surface area contributed by atoms with Crippen LogP contribution >= 0.6 is 0 Å². The lowest BCUT2D eigenvalue weighted by Crippen LogP contribution is -2.33. The Morgan fingerprint density at radius 3 is 2.73 bits per heavy atom. The van der Waals surface area contributed by atoms with Gasteiger partial charge in [-0.3, -0.25) is 4.79 Å². The second-order valence-electron chi connectivity index (χ2n) is 5.26. The maximum Gasteiger partial charge on any atom is 0.358 e. The predicted octanol–water partition coefficient (Wildman–Crippen LogP) is 1.34. The number of aromatic carboxylic acids is 1. The highest BCUT2D eigenvalue weighted by molar-refractivity contribution is 5.84. The van der Waals surface area contributed by atoms with Crippen LogP contribution in [-0.4, -0.2) is 43.4 Å². The molecule has 1 amide bonds. The molecule has 0 radical (unpaired) electrons. The van der Waals surface area contributed by atoms with E-state index >= 15 is 0 Å². The van der Waals surface area contributed by atoms with Crippen molar-refractivity contribution in [1.82, 2.24) is 19.9 Å². The molecule has 0 spiro atoms. The lowest BCUT2D eigenvalue weighted by atomic mass is 10.0. The maximum absolute atomic E-state index is 12.5. The van der Waals surface area contributed by atoms with Gasteiger partial charge in [-0.25, -0.2) is 9.48 Å². The van der Waals surface area contributed by atoms with Gasteiger partial charge in [-0.1, -0.05) is 35.5 Å². The normalized spacial score (nSPS) is 17.6. The van der Waals surface area contributed by atoms with Gasteiger partial charge in [0.05, 0.1) is 12.2 Å². The fourth-order valence-corrected chi connectivity index (χ4v) is 2.79. The van der Waals surface area contributed by atoms with Gasteiger partial charge in [-0.15, -0.1) is 5.10 Å². The van der Waals surface area contributed by atoms with Crippen LogP contribution in [0.1, 0.15) is 34.9 Å². The summed E-state index contributed by atoms with van der Waals surface area (Å²) in [5.74, 6) is -1.23. The summed E-state index contributed by atoms with van der Waals surface area (Å²) >= 11 is 0. The Balaban J connectivity index is 1.72. The number of benzene rings is 1. The lowest BCUT2D eigenvalue weighted by molar-refractivity contribution is -0.133. The lowest BCUT2D eigenvalue weighted by Gasteiger charge is -2.25. The number of nitrogens with zero attached hydrogens (tertiary/aromatic N) is 4. The summed E-state index contributed by atoms with van der Waals surface area (Å²) in [6.45, 7) is 0.711. The highest BCUT2D eigenvalue weighted by atomic mass is 16.4. The maximum atomic E-state index is 12.5. The third-order valence-electron chi connectivity index (χ3n) is 3.81. The highest BCUT2D eigenvalue weighted by Gasteiger charge is 2.30. The SMILES string of the molecule is O=C(O)c1cn(CC(=O)N2CCCC2c2ccccc2)nn1. The average molecular weight is 300 g/mol. The highest BCUT2D eigenvalue weighted by Crippen LogP contribution is 2.31. The summed E-state index contributed by atoms with van der Waals surface area (Å²) in [6, 6.07) is 10.0. The van der Waals surface area contributed by atoms with Crippen molar-refractivity contribution in [3.05, 3.63) is 47.8 Å². The monoisotopic (exact) mass is 300 g/mol. The molecule has 0 aliphatic carbocycles. The van der Waals surface area contributed by atoms with Crippen LogP contribution in [0, 0.1) is 0 Å². The zero-order valence-corrected chi connectivity index (χ0v) is 11.9. The van der Waals surface area contributed by atoms with Crippen LogP contribution in [0.3, 0.4) is 0 Å². The van der Waals surface area contributed by atoms with Gasteiger partial charge in [0.25, 0.3) is 0 Å². The molecular formula is C15H16N4O3. The minimum absolute atomic E-state index is 0.00358. The van der Waals surface area contributed by atoms with E-state index in [1.54, 1.807) is 0 Å². The van der Waals surface area contributed by atoms with Crippen LogP contribution in [0.5, 0.6) is 0 Å². The minimum atomic E-state index is -1.15. The predicted molar refractivity (Wildman–Crippen MR) is 77.1 cm³/mol. The van der Waals surface area contributed by atoms with Crippen molar-refractivity contribution in [1.29, 1.82) is 0 Å². The fraction of sp³-hybridized carbons (Fsp3) is 0.333. The van der Waals surface area contributed by atoms with Crippen molar-refractivity contribution in [2.45, 2.75) is 25.4 Å². The molecule has 1 aliphatic rings. The van der Waals surface area contributed by atoms with Crippen LogP contribution in [0.15, 0.2) is 36.5 Å². The van der Waals surface area contributed by atoms with Gasteiger partial charge in [-0.2, -0.15) is 0 Å². The number of carbonyl (C=O) groups is 2. The van der Waals surface area contributed by atoms with Crippen LogP contribution in [0.25, 0.3) is 0 Å². The van der Waals surface area contributed by atoms with E-state index in [-0.39, 0.29) is 24.2 Å². The van der Waals surface area contributed by atoms with E-state index in [9.17, 15) is 9.59 Å². The molecule has 3 rings (SSSR count). The van der Waals surface area contributed by atoms with E-state index in [1.165, 1.54) is 10.9 Å². The molecule has 7 heteroatoms. The van der Waals surface area contributed by atoms with Crippen LogP contribution in [-0.2, 0) is 11.3 Å². The second-order valence-corrected chi connectivity index (χ2v) is 5.26. The second kappa shape index (κ2) is 5.97. The molecule has 1 aromatic heterocycles. The van der Waals surface area contributed by atoms with E-state index in [4.69, 9.17) is 5.11 Å². The van der Waals surface area contributed by atoms with Crippen LogP contribution in [0.4, 0.5) is 0 Å². The number of aromatic nitrogens is 3. The van der Waals surface area contributed by atoms with E-state index in [0.717, 1.165) is 18.4 Å². The van der Waals surface area contributed by atoms with Crippen molar-refractivity contribution in [2.75, 3.05) is 6.54 Å². The number of carboxylic acids is 1. The molecule has 114 valence electrons. The third-order valence-corrected chi connectivity index (χ3v) is 3.81. The van der Waals surface area contributed by atoms with Crippen molar-refractivity contribution < 1.29 is 14.7 Å². The zero-order chi connectivity index (χ0) is 15.5. The Bertz CT molecular complexity index is 683. The van der Waals surface area contributed by atoms with Crippen LogP contribution in [0.2, 0.25) is 0 Å². The third kappa shape index (κ3) is 2.83. The summed E-state index contributed by atoms with van der Waals surface area (Å²) < 4.78 is 1.27. The quantitative estimate of drug-likeness (QED) is 0.920. The topological polar surface area (TPSA) is 88.3 Å². The van der Waals surface area contributed by atoms with E-state index in [2.05, 4.69) is 10.3 Å². The van der Waals surface area contributed by atoms with Crippen LogP contribution < -0.4 is 0 Å². The van der Waals surface area contributed by atoms with Gasteiger partial charge in [0.15, 0.2) is 5.69 Å². The molecule has 0 saturated carbocycles. The first-order valence-electron chi connectivity index (χ1n) is 7.13. The zero-order valence-electron chi connectivity index (χ0n) is 11.9. The Kier molecular flexibility index (Phi) is 3.86. The molecule has 1 fully saturated rings.